The maximum atomic E-state index is 12.3. The molecule has 0 atom stereocenters. The lowest BCUT2D eigenvalue weighted by atomic mass is 10.1. The van der Waals surface area contributed by atoms with E-state index in [-0.39, 0.29) is 12.1 Å². The van der Waals surface area contributed by atoms with Crippen molar-refractivity contribution >= 4 is 22.6 Å². The van der Waals surface area contributed by atoms with Crippen LogP contribution in [0.4, 0.5) is 0 Å². The van der Waals surface area contributed by atoms with Crippen LogP contribution >= 0.6 is 0 Å². The Morgan fingerprint density at radius 1 is 0.697 bits per heavy atom. The number of ether oxygens (including phenoxy) is 1. The van der Waals surface area contributed by atoms with Gasteiger partial charge in [-0.05, 0) is 77.8 Å². The topological polar surface area (TPSA) is 44.8 Å². The van der Waals surface area contributed by atoms with E-state index in [2.05, 4.69) is 70.5 Å². The van der Waals surface area contributed by atoms with Gasteiger partial charge in [-0.1, -0.05) is 62.6 Å². The minimum absolute atomic E-state index is 0.183. The van der Waals surface area contributed by atoms with Gasteiger partial charge in [-0.15, -0.1) is 0 Å². The summed E-state index contributed by atoms with van der Waals surface area (Å²) < 4.78 is 17.6. The van der Waals surface area contributed by atoms with Crippen LogP contribution in [0.3, 0.4) is 0 Å². The molecule has 0 aliphatic carbocycles. The SMILES string of the molecule is CC/C=C/CCCCCCC/C=C/C=C/CCC(=O)OC(CO[Si](C)(C)C)CO[Si](C)(C)C. The first-order chi connectivity index (χ1) is 15.5. The Morgan fingerprint density at radius 3 is 1.70 bits per heavy atom. The molecule has 0 aromatic rings. The fourth-order valence-electron chi connectivity index (χ4n) is 2.94. The van der Waals surface area contributed by atoms with Gasteiger partial charge < -0.3 is 13.6 Å². The molecule has 0 aromatic carbocycles. The lowest BCUT2D eigenvalue weighted by Crippen LogP contribution is -2.38. The summed E-state index contributed by atoms with van der Waals surface area (Å²) in [4.78, 5) is 12.3. The molecule has 4 nitrogen and oxygen atoms in total. The highest BCUT2D eigenvalue weighted by Gasteiger charge is 2.23. The van der Waals surface area contributed by atoms with Crippen molar-refractivity contribution in [1.82, 2.24) is 0 Å². The van der Waals surface area contributed by atoms with Crippen LogP contribution in [-0.2, 0) is 18.4 Å². The van der Waals surface area contributed by atoms with Crippen LogP contribution in [0, 0.1) is 0 Å². The van der Waals surface area contributed by atoms with E-state index in [0.717, 1.165) is 12.8 Å². The van der Waals surface area contributed by atoms with Crippen molar-refractivity contribution in [1.29, 1.82) is 0 Å². The van der Waals surface area contributed by atoms with Gasteiger partial charge in [0.15, 0.2) is 16.6 Å². The zero-order chi connectivity index (χ0) is 25.0. The first kappa shape index (κ1) is 32.0. The molecule has 0 heterocycles. The van der Waals surface area contributed by atoms with E-state index in [1.54, 1.807) is 0 Å². The van der Waals surface area contributed by atoms with Gasteiger partial charge in [0.25, 0.3) is 0 Å². The number of hydrogen-bond donors (Lipinski definition) is 0. The van der Waals surface area contributed by atoms with E-state index in [0.29, 0.717) is 26.1 Å². The molecular weight excluding hydrogens is 444 g/mol. The number of unbranched alkanes of at least 4 members (excludes halogenated alkanes) is 6. The Morgan fingerprint density at radius 2 is 1.18 bits per heavy atom. The van der Waals surface area contributed by atoms with Gasteiger partial charge in [0, 0.05) is 6.42 Å². The van der Waals surface area contributed by atoms with Gasteiger partial charge >= 0.3 is 5.97 Å². The molecule has 0 amide bonds. The number of hydrogen-bond acceptors (Lipinski definition) is 4. The standard InChI is InChI=1S/C27H52O4Si2/c1-8-9-10-11-12-13-14-15-16-17-18-19-20-21-22-23-27(28)31-26(24-29-32(2,3)4)25-30-33(5,6)7/h9-10,18-21,26H,8,11-17,22-25H2,1-7H3/b10-9+,19-18+,21-20+. The summed E-state index contributed by atoms with van der Waals surface area (Å²) in [5.74, 6) is -0.183. The molecule has 0 N–H and O–H groups in total. The highest BCUT2D eigenvalue weighted by atomic mass is 28.4. The Bertz CT molecular complexity index is 554. The van der Waals surface area contributed by atoms with Crippen LogP contribution in [-0.4, -0.2) is 41.9 Å². The fourth-order valence-corrected chi connectivity index (χ4v) is 4.31. The van der Waals surface area contributed by atoms with Crippen LogP contribution in [0.25, 0.3) is 0 Å². The summed E-state index contributed by atoms with van der Waals surface area (Å²) in [6.07, 6.45) is 23.7. The molecule has 0 saturated heterocycles. The second-order valence-corrected chi connectivity index (χ2v) is 19.6. The first-order valence-corrected chi connectivity index (χ1v) is 19.8. The number of allylic oxidation sites excluding steroid dienone is 6. The molecule has 0 aromatic heterocycles. The second kappa shape index (κ2) is 19.4. The molecule has 0 rings (SSSR count). The van der Waals surface area contributed by atoms with E-state index >= 15 is 0 Å². The maximum absolute atomic E-state index is 12.3. The Kier molecular flexibility index (Phi) is 18.8. The van der Waals surface area contributed by atoms with Gasteiger partial charge in [0.2, 0.25) is 0 Å². The van der Waals surface area contributed by atoms with Crippen molar-refractivity contribution in [2.24, 2.45) is 0 Å². The number of rotatable bonds is 20. The number of esters is 1. The van der Waals surface area contributed by atoms with Crippen LogP contribution in [0.2, 0.25) is 39.3 Å². The van der Waals surface area contributed by atoms with E-state index in [1.807, 2.05) is 12.2 Å². The van der Waals surface area contributed by atoms with Crippen LogP contribution in [0.15, 0.2) is 36.5 Å². The molecule has 0 unspecified atom stereocenters. The van der Waals surface area contributed by atoms with E-state index in [4.69, 9.17) is 13.6 Å². The number of carbonyl (C=O) groups is 1. The molecule has 192 valence electrons. The third-order valence-electron chi connectivity index (χ3n) is 4.74. The number of carbonyl (C=O) groups excluding carboxylic acids is 1. The van der Waals surface area contributed by atoms with Crippen LogP contribution in [0.5, 0.6) is 0 Å². The maximum Gasteiger partial charge on any atom is 0.306 e. The summed E-state index contributed by atoms with van der Waals surface area (Å²) in [6, 6.07) is 0. The summed E-state index contributed by atoms with van der Waals surface area (Å²) in [5, 5.41) is 0. The Hall–Kier alpha value is -0.956. The molecule has 0 fully saturated rings. The largest absolute Gasteiger partial charge is 0.458 e. The second-order valence-electron chi connectivity index (χ2n) is 10.6. The van der Waals surface area contributed by atoms with Crippen molar-refractivity contribution < 1.29 is 18.4 Å². The highest BCUT2D eigenvalue weighted by molar-refractivity contribution is 6.70. The first-order valence-electron chi connectivity index (χ1n) is 13.0. The molecule has 0 radical (unpaired) electrons. The van der Waals surface area contributed by atoms with Gasteiger partial charge in [-0.25, -0.2) is 0 Å². The van der Waals surface area contributed by atoms with E-state index in [9.17, 15) is 4.79 Å². The Balaban J connectivity index is 3.99. The van der Waals surface area contributed by atoms with Gasteiger partial charge in [0.1, 0.15) is 6.10 Å². The van der Waals surface area contributed by atoms with Crippen LogP contribution in [0.1, 0.15) is 71.1 Å². The van der Waals surface area contributed by atoms with Gasteiger partial charge in [0.05, 0.1) is 13.2 Å². The summed E-state index contributed by atoms with van der Waals surface area (Å²) in [6.45, 7) is 15.8. The van der Waals surface area contributed by atoms with Crippen molar-refractivity contribution in [2.75, 3.05) is 13.2 Å². The fraction of sp³-hybridized carbons (Fsp3) is 0.741. The predicted octanol–water partition coefficient (Wildman–Crippen LogP) is 8.19. The highest BCUT2D eigenvalue weighted by Crippen LogP contribution is 2.11. The average molecular weight is 497 g/mol. The quantitative estimate of drug-likeness (QED) is 0.0560. The molecule has 6 heteroatoms. The minimum Gasteiger partial charge on any atom is -0.458 e. The van der Waals surface area contributed by atoms with Crippen molar-refractivity contribution in [2.45, 2.75) is 117 Å². The zero-order valence-corrected chi connectivity index (χ0v) is 24.7. The molecule has 33 heavy (non-hydrogen) atoms. The molecule has 0 saturated carbocycles. The van der Waals surface area contributed by atoms with Gasteiger partial charge in [-0.3, -0.25) is 4.79 Å². The summed E-state index contributed by atoms with van der Waals surface area (Å²) in [7, 11) is -3.33. The van der Waals surface area contributed by atoms with Crippen molar-refractivity contribution in [3.05, 3.63) is 36.5 Å². The smallest absolute Gasteiger partial charge is 0.306 e. The predicted molar refractivity (Wildman–Crippen MR) is 148 cm³/mol. The van der Waals surface area contributed by atoms with Crippen molar-refractivity contribution in [3.8, 4) is 0 Å². The van der Waals surface area contributed by atoms with E-state index < -0.39 is 16.6 Å². The molecular formula is C27H52O4Si2. The Labute approximate surface area is 207 Å². The summed E-state index contributed by atoms with van der Waals surface area (Å²) >= 11 is 0. The lowest BCUT2D eigenvalue weighted by molar-refractivity contribution is -0.152. The van der Waals surface area contributed by atoms with Gasteiger partial charge in [-0.2, -0.15) is 0 Å². The average Bonchev–Trinajstić information content (AvgIpc) is 2.71. The van der Waals surface area contributed by atoms with E-state index in [1.165, 1.54) is 38.5 Å². The molecule has 0 aliphatic rings. The molecule has 0 aliphatic heterocycles. The molecule has 0 bridgehead atoms. The zero-order valence-electron chi connectivity index (χ0n) is 22.7. The molecule has 0 spiro atoms. The summed E-state index contributed by atoms with van der Waals surface area (Å²) in [5.41, 5.74) is 0. The van der Waals surface area contributed by atoms with Crippen LogP contribution < -0.4 is 0 Å². The lowest BCUT2D eigenvalue weighted by Gasteiger charge is -2.26. The third kappa shape index (κ3) is 25.5. The monoisotopic (exact) mass is 496 g/mol. The van der Waals surface area contributed by atoms with Crippen molar-refractivity contribution in [3.63, 3.8) is 0 Å². The third-order valence-corrected chi connectivity index (χ3v) is 6.81. The minimum atomic E-state index is -1.67. The normalized spacial score (nSPS) is 13.2.